The summed E-state index contributed by atoms with van der Waals surface area (Å²) in [6, 6.07) is 10.7. The van der Waals surface area contributed by atoms with Gasteiger partial charge in [0.1, 0.15) is 11.6 Å². The molecule has 0 unspecified atom stereocenters. The number of carbonyl (C=O) groups excluding carboxylic acids is 2. The summed E-state index contributed by atoms with van der Waals surface area (Å²) in [6.45, 7) is -0.234. The molecule has 1 N–H and O–H groups in total. The number of carbonyl (C=O) groups is 2. The molecule has 7 heteroatoms. The van der Waals surface area contributed by atoms with E-state index in [4.69, 9.17) is 21.1 Å². The lowest BCUT2D eigenvalue weighted by molar-refractivity contribution is -0.124. The maximum absolute atomic E-state index is 13.7. The number of amides is 1. The van der Waals surface area contributed by atoms with Gasteiger partial charge in [-0.25, -0.2) is 9.18 Å². The van der Waals surface area contributed by atoms with Crippen molar-refractivity contribution in [3.05, 3.63) is 64.4 Å². The number of methoxy groups -OCH3 is 1. The van der Waals surface area contributed by atoms with Crippen molar-refractivity contribution < 1.29 is 23.5 Å². The quantitative estimate of drug-likeness (QED) is 0.813. The van der Waals surface area contributed by atoms with Crippen LogP contribution in [0.5, 0.6) is 5.75 Å². The minimum Gasteiger partial charge on any atom is -0.497 e. The lowest BCUT2D eigenvalue weighted by Crippen LogP contribution is -2.28. The Balaban J connectivity index is 1.82. The molecule has 126 valence electrons. The van der Waals surface area contributed by atoms with Gasteiger partial charge >= 0.3 is 5.97 Å². The molecule has 0 fully saturated rings. The van der Waals surface area contributed by atoms with Gasteiger partial charge in [-0.3, -0.25) is 4.79 Å². The molecule has 2 aromatic carbocycles. The van der Waals surface area contributed by atoms with Crippen molar-refractivity contribution in [2.45, 2.75) is 6.54 Å². The van der Waals surface area contributed by atoms with E-state index in [9.17, 15) is 14.0 Å². The number of rotatable bonds is 6. The number of hydrogen-bond donors (Lipinski definition) is 1. The van der Waals surface area contributed by atoms with E-state index in [1.165, 1.54) is 19.2 Å². The van der Waals surface area contributed by atoms with Crippen molar-refractivity contribution in [2.75, 3.05) is 13.7 Å². The highest BCUT2D eigenvalue weighted by atomic mass is 35.5. The predicted octanol–water partition coefficient (Wildman–Crippen LogP) is 2.96. The molecular formula is C17H15ClFNO4. The topological polar surface area (TPSA) is 64.6 Å². The fraction of sp³-hybridized carbons (Fsp3) is 0.176. The van der Waals surface area contributed by atoms with E-state index in [0.29, 0.717) is 5.02 Å². The predicted molar refractivity (Wildman–Crippen MR) is 86.5 cm³/mol. The van der Waals surface area contributed by atoms with Crippen LogP contribution in [0.15, 0.2) is 42.5 Å². The highest BCUT2D eigenvalue weighted by Gasteiger charge is 2.15. The Bertz CT molecular complexity index is 734. The summed E-state index contributed by atoms with van der Waals surface area (Å²) >= 11 is 5.77. The fourth-order valence-electron chi connectivity index (χ4n) is 1.85. The van der Waals surface area contributed by atoms with Crippen molar-refractivity contribution >= 4 is 23.5 Å². The van der Waals surface area contributed by atoms with Gasteiger partial charge in [-0.2, -0.15) is 0 Å². The Morgan fingerprint density at radius 3 is 2.50 bits per heavy atom. The lowest BCUT2D eigenvalue weighted by Gasteiger charge is -2.08. The molecule has 0 saturated heterocycles. The second-order valence-electron chi connectivity index (χ2n) is 4.83. The number of ether oxygens (including phenoxy) is 2. The van der Waals surface area contributed by atoms with Crippen LogP contribution in [0, 0.1) is 5.82 Å². The molecule has 2 rings (SSSR count). The molecule has 0 saturated carbocycles. The monoisotopic (exact) mass is 351 g/mol. The number of esters is 1. The SMILES string of the molecule is COc1ccc(C(=O)OCC(=O)NCc2ccc(Cl)cc2)c(F)c1. The van der Waals surface area contributed by atoms with Gasteiger partial charge in [0.15, 0.2) is 6.61 Å². The van der Waals surface area contributed by atoms with Gasteiger partial charge in [0.05, 0.1) is 12.7 Å². The van der Waals surface area contributed by atoms with Gasteiger partial charge in [0.25, 0.3) is 5.91 Å². The largest absolute Gasteiger partial charge is 0.497 e. The molecule has 1 amide bonds. The van der Waals surface area contributed by atoms with E-state index in [0.717, 1.165) is 11.6 Å². The van der Waals surface area contributed by atoms with E-state index in [1.54, 1.807) is 24.3 Å². The van der Waals surface area contributed by atoms with Crippen LogP contribution < -0.4 is 10.1 Å². The molecular weight excluding hydrogens is 337 g/mol. The molecule has 0 aliphatic carbocycles. The van der Waals surface area contributed by atoms with Crippen LogP contribution >= 0.6 is 11.6 Å². The Hall–Kier alpha value is -2.60. The number of benzene rings is 2. The Morgan fingerprint density at radius 2 is 1.88 bits per heavy atom. The van der Waals surface area contributed by atoms with Crippen LogP contribution in [-0.2, 0) is 16.1 Å². The molecule has 5 nitrogen and oxygen atoms in total. The minimum atomic E-state index is -0.920. The Morgan fingerprint density at radius 1 is 1.17 bits per heavy atom. The average Bonchev–Trinajstić information content (AvgIpc) is 2.59. The van der Waals surface area contributed by atoms with Crippen molar-refractivity contribution in [1.29, 1.82) is 0 Å². The molecule has 0 heterocycles. The third kappa shape index (κ3) is 4.96. The summed E-state index contributed by atoms with van der Waals surface area (Å²) in [4.78, 5) is 23.5. The van der Waals surface area contributed by atoms with Gasteiger partial charge in [-0.15, -0.1) is 0 Å². The zero-order chi connectivity index (χ0) is 17.5. The Kier molecular flexibility index (Phi) is 6.14. The van der Waals surface area contributed by atoms with Gasteiger partial charge in [0.2, 0.25) is 0 Å². The van der Waals surface area contributed by atoms with Crippen LogP contribution in [0.2, 0.25) is 5.02 Å². The summed E-state index contributed by atoms with van der Waals surface area (Å²) in [5.41, 5.74) is 0.585. The minimum absolute atomic E-state index is 0.263. The van der Waals surface area contributed by atoms with Crippen LogP contribution in [0.3, 0.4) is 0 Å². The summed E-state index contributed by atoms with van der Waals surface area (Å²) in [6.07, 6.45) is 0. The average molecular weight is 352 g/mol. The maximum atomic E-state index is 13.7. The lowest BCUT2D eigenvalue weighted by atomic mass is 10.2. The van der Waals surface area contributed by atoms with Gasteiger partial charge in [0, 0.05) is 17.6 Å². The molecule has 0 aromatic heterocycles. The van der Waals surface area contributed by atoms with E-state index < -0.39 is 24.3 Å². The molecule has 2 aromatic rings. The summed E-state index contributed by atoms with van der Waals surface area (Å²) in [7, 11) is 1.39. The zero-order valence-electron chi connectivity index (χ0n) is 12.8. The highest BCUT2D eigenvalue weighted by molar-refractivity contribution is 6.30. The van der Waals surface area contributed by atoms with Gasteiger partial charge < -0.3 is 14.8 Å². The van der Waals surface area contributed by atoms with Crippen LogP contribution in [-0.4, -0.2) is 25.6 Å². The van der Waals surface area contributed by atoms with Crippen molar-refractivity contribution in [2.24, 2.45) is 0 Å². The zero-order valence-corrected chi connectivity index (χ0v) is 13.6. The van der Waals surface area contributed by atoms with Crippen LogP contribution in [0.4, 0.5) is 4.39 Å². The second kappa shape index (κ2) is 8.31. The van der Waals surface area contributed by atoms with E-state index in [2.05, 4.69) is 5.32 Å². The number of hydrogen-bond acceptors (Lipinski definition) is 4. The first-order chi connectivity index (χ1) is 11.5. The standard InChI is InChI=1S/C17H15ClFNO4/c1-23-13-6-7-14(15(19)8-13)17(22)24-10-16(21)20-9-11-2-4-12(18)5-3-11/h2-8H,9-10H2,1H3,(H,20,21). The molecule has 0 atom stereocenters. The van der Waals surface area contributed by atoms with Crippen LogP contribution in [0.25, 0.3) is 0 Å². The van der Waals surface area contributed by atoms with Crippen molar-refractivity contribution in [1.82, 2.24) is 5.32 Å². The first kappa shape index (κ1) is 17.7. The fourth-order valence-corrected chi connectivity index (χ4v) is 1.98. The van der Waals surface area contributed by atoms with E-state index in [-0.39, 0.29) is 17.9 Å². The van der Waals surface area contributed by atoms with E-state index >= 15 is 0 Å². The molecule has 0 bridgehead atoms. The Labute approximate surface area is 143 Å². The van der Waals surface area contributed by atoms with Crippen molar-refractivity contribution in [3.63, 3.8) is 0 Å². The summed E-state index contributed by atoms with van der Waals surface area (Å²) in [5.74, 6) is -1.91. The molecule has 0 spiro atoms. The molecule has 24 heavy (non-hydrogen) atoms. The number of nitrogens with one attached hydrogen (secondary N) is 1. The third-order valence-electron chi connectivity index (χ3n) is 3.13. The molecule has 0 aliphatic rings. The molecule has 0 radical (unpaired) electrons. The molecule has 0 aliphatic heterocycles. The summed E-state index contributed by atoms with van der Waals surface area (Å²) < 4.78 is 23.4. The first-order valence-electron chi connectivity index (χ1n) is 7.01. The smallest absolute Gasteiger partial charge is 0.341 e. The first-order valence-corrected chi connectivity index (χ1v) is 7.39. The number of halogens is 2. The van der Waals surface area contributed by atoms with Gasteiger partial charge in [-0.1, -0.05) is 23.7 Å². The van der Waals surface area contributed by atoms with Crippen molar-refractivity contribution in [3.8, 4) is 5.75 Å². The van der Waals surface area contributed by atoms with Crippen LogP contribution in [0.1, 0.15) is 15.9 Å². The maximum Gasteiger partial charge on any atom is 0.341 e. The third-order valence-corrected chi connectivity index (χ3v) is 3.39. The second-order valence-corrected chi connectivity index (χ2v) is 5.26. The summed E-state index contributed by atoms with van der Waals surface area (Å²) in [5, 5.41) is 3.18. The van der Waals surface area contributed by atoms with Gasteiger partial charge in [-0.05, 0) is 29.8 Å². The van der Waals surface area contributed by atoms with E-state index in [1.807, 2.05) is 0 Å². The highest BCUT2D eigenvalue weighted by Crippen LogP contribution is 2.17. The normalized spacial score (nSPS) is 10.1.